The minimum absolute atomic E-state index is 0.0545. The molecular weight excluding hydrogens is 384 g/mol. The van der Waals surface area contributed by atoms with Crippen LogP contribution in [0.25, 0.3) is 0 Å². The Balaban J connectivity index is 1.55. The Hall–Kier alpha value is -3.80. The Labute approximate surface area is 173 Å². The molecule has 0 heterocycles. The maximum Gasteiger partial charge on any atom is 0.338 e. The van der Waals surface area contributed by atoms with E-state index in [9.17, 15) is 19.8 Å². The topological polar surface area (TPSA) is 93.1 Å². The van der Waals surface area contributed by atoms with Crippen LogP contribution in [0.15, 0.2) is 72.8 Å². The first-order chi connectivity index (χ1) is 14.5. The van der Waals surface area contributed by atoms with Gasteiger partial charge >= 0.3 is 11.9 Å². The Morgan fingerprint density at radius 1 is 0.633 bits per heavy atom. The van der Waals surface area contributed by atoms with Crippen molar-refractivity contribution in [1.82, 2.24) is 0 Å². The maximum atomic E-state index is 12.6. The van der Waals surface area contributed by atoms with Gasteiger partial charge in [-0.15, -0.1) is 0 Å². The largest absolute Gasteiger partial charge is 0.508 e. The molecule has 1 aliphatic carbocycles. The van der Waals surface area contributed by atoms with Gasteiger partial charge in [-0.2, -0.15) is 0 Å². The molecule has 3 aromatic carbocycles. The van der Waals surface area contributed by atoms with E-state index in [4.69, 9.17) is 9.47 Å². The fraction of sp³-hybridized carbons (Fsp3) is 0.167. The Kier molecular flexibility index (Phi) is 5.39. The molecular formula is C24H20O6. The first kappa shape index (κ1) is 19.5. The van der Waals surface area contributed by atoms with E-state index in [1.165, 1.54) is 48.5 Å². The van der Waals surface area contributed by atoms with Gasteiger partial charge in [-0.1, -0.05) is 24.3 Å². The molecule has 3 aromatic rings. The van der Waals surface area contributed by atoms with Crippen LogP contribution in [0.4, 0.5) is 0 Å². The number of hydrogen-bond acceptors (Lipinski definition) is 6. The molecule has 1 aliphatic rings. The molecule has 0 radical (unpaired) electrons. The molecule has 6 nitrogen and oxygen atoms in total. The van der Waals surface area contributed by atoms with Crippen LogP contribution in [0.3, 0.4) is 0 Å². The van der Waals surface area contributed by atoms with Crippen molar-refractivity contribution in [2.75, 3.05) is 0 Å². The third kappa shape index (κ3) is 4.27. The molecule has 0 aromatic heterocycles. The highest BCUT2D eigenvalue weighted by Gasteiger charge is 2.34. The molecule has 2 atom stereocenters. The number of carbonyl (C=O) groups excluding carboxylic acids is 2. The summed E-state index contributed by atoms with van der Waals surface area (Å²) in [6, 6.07) is 19.3. The van der Waals surface area contributed by atoms with Crippen LogP contribution in [0.1, 0.15) is 31.8 Å². The van der Waals surface area contributed by atoms with Gasteiger partial charge in [-0.25, -0.2) is 9.59 Å². The van der Waals surface area contributed by atoms with E-state index in [1.807, 2.05) is 24.3 Å². The molecule has 0 fully saturated rings. The molecule has 2 N–H and O–H groups in total. The van der Waals surface area contributed by atoms with Gasteiger partial charge in [0.15, 0.2) is 0 Å². The summed E-state index contributed by atoms with van der Waals surface area (Å²) in [4.78, 5) is 25.2. The zero-order valence-corrected chi connectivity index (χ0v) is 16.0. The summed E-state index contributed by atoms with van der Waals surface area (Å²) in [5.74, 6) is -0.993. The van der Waals surface area contributed by atoms with Gasteiger partial charge in [-0.05, 0) is 59.7 Å². The number of hydrogen-bond donors (Lipinski definition) is 2. The molecule has 4 rings (SSSR count). The first-order valence-electron chi connectivity index (χ1n) is 9.56. The zero-order chi connectivity index (χ0) is 21.1. The highest BCUT2D eigenvalue weighted by atomic mass is 16.6. The lowest BCUT2D eigenvalue weighted by molar-refractivity contribution is -0.0389. The standard InChI is InChI=1S/C24H20O6/c25-19-9-5-15(6-10-19)23(27)29-21-13-17-3-1-2-4-18(17)14-22(21)30-24(28)16-7-11-20(26)12-8-16/h1-12,21-22,25-26H,13-14H2/t21-,22+. The number of carbonyl (C=O) groups is 2. The lowest BCUT2D eigenvalue weighted by atomic mass is 9.87. The normalized spacial score (nSPS) is 17.6. The number of phenolic OH excluding ortho intramolecular Hbond substituents is 2. The predicted molar refractivity (Wildman–Crippen MR) is 108 cm³/mol. The van der Waals surface area contributed by atoms with Crippen LogP contribution in [0, 0.1) is 0 Å². The number of benzene rings is 3. The quantitative estimate of drug-likeness (QED) is 0.645. The molecule has 0 aliphatic heterocycles. The third-order valence-corrected chi connectivity index (χ3v) is 5.10. The molecule has 0 bridgehead atoms. The van der Waals surface area contributed by atoms with E-state index in [0.29, 0.717) is 24.0 Å². The SMILES string of the molecule is O=C(O[C@H]1Cc2ccccc2C[C@H]1OC(=O)c1ccc(O)cc1)c1ccc(O)cc1. The van der Waals surface area contributed by atoms with Crippen LogP contribution in [-0.2, 0) is 22.3 Å². The van der Waals surface area contributed by atoms with Gasteiger partial charge in [0.1, 0.15) is 23.7 Å². The maximum absolute atomic E-state index is 12.6. The summed E-state index contributed by atoms with van der Waals surface area (Å²) in [7, 11) is 0. The minimum atomic E-state index is -0.651. The molecule has 0 spiro atoms. The van der Waals surface area contributed by atoms with Crippen LogP contribution in [-0.4, -0.2) is 34.4 Å². The summed E-state index contributed by atoms with van der Waals surface area (Å²) in [6.07, 6.45) is -0.453. The number of fused-ring (bicyclic) bond motifs is 1. The highest BCUT2D eigenvalue weighted by molar-refractivity contribution is 5.90. The average Bonchev–Trinajstić information content (AvgIpc) is 2.75. The van der Waals surface area contributed by atoms with E-state index in [-0.39, 0.29) is 11.5 Å². The lowest BCUT2D eigenvalue weighted by Gasteiger charge is -2.32. The Bertz CT molecular complexity index is 969. The highest BCUT2D eigenvalue weighted by Crippen LogP contribution is 2.27. The number of ether oxygens (including phenoxy) is 2. The van der Waals surface area contributed by atoms with Crippen LogP contribution in [0.2, 0.25) is 0 Å². The molecule has 0 saturated carbocycles. The number of esters is 2. The van der Waals surface area contributed by atoms with Crippen molar-refractivity contribution in [2.24, 2.45) is 0 Å². The Morgan fingerprint density at radius 3 is 1.37 bits per heavy atom. The van der Waals surface area contributed by atoms with Crippen molar-refractivity contribution in [2.45, 2.75) is 25.0 Å². The third-order valence-electron chi connectivity index (χ3n) is 5.10. The van der Waals surface area contributed by atoms with E-state index >= 15 is 0 Å². The number of aromatic hydroxyl groups is 2. The van der Waals surface area contributed by atoms with E-state index < -0.39 is 24.1 Å². The van der Waals surface area contributed by atoms with E-state index in [1.54, 1.807) is 0 Å². The lowest BCUT2D eigenvalue weighted by Crippen LogP contribution is -2.41. The van der Waals surface area contributed by atoms with Gasteiger partial charge in [0.2, 0.25) is 0 Å². The van der Waals surface area contributed by atoms with Crippen molar-refractivity contribution in [3.05, 3.63) is 95.1 Å². The monoisotopic (exact) mass is 404 g/mol. The fourth-order valence-corrected chi connectivity index (χ4v) is 3.49. The van der Waals surface area contributed by atoms with Gasteiger partial charge in [0, 0.05) is 12.8 Å². The van der Waals surface area contributed by atoms with Crippen LogP contribution in [0.5, 0.6) is 11.5 Å². The van der Waals surface area contributed by atoms with Crippen molar-refractivity contribution in [3.8, 4) is 11.5 Å². The Morgan fingerprint density at radius 2 is 1.00 bits per heavy atom. The second-order valence-corrected chi connectivity index (χ2v) is 7.16. The van der Waals surface area contributed by atoms with Crippen molar-refractivity contribution >= 4 is 11.9 Å². The minimum Gasteiger partial charge on any atom is -0.508 e. The predicted octanol–water partition coefficient (Wildman–Crippen LogP) is 3.65. The smallest absolute Gasteiger partial charge is 0.338 e. The summed E-state index contributed by atoms with van der Waals surface area (Å²) in [6.45, 7) is 0. The molecule has 152 valence electrons. The summed E-state index contributed by atoms with van der Waals surface area (Å²) < 4.78 is 11.4. The summed E-state index contributed by atoms with van der Waals surface area (Å²) in [5.41, 5.74) is 2.68. The van der Waals surface area contributed by atoms with Gasteiger partial charge in [0.25, 0.3) is 0 Å². The van der Waals surface area contributed by atoms with Gasteiger partial charge in [0.05, 0.1) is 11.1 Å². The van der Waals surface area contributed by atoms with Crippen molar-refractivity contribution in [1.29, 1.82) is 0 Å². The van der Waals surface area contributed by atoms with Gasteiger partial charge < -0.3 is 19.7 Å². The van der Waals surface area contributed by atoms with Crippen LogP contribution < -0.4 is 0 Å². The second kappa shape index (κ2) is 8.29. The van der Waals surface area contributed by atoms with E-state index in [2.05, 4.69) is 0 Å². The van der Waals surface area contributed by atoms with Gasteiger partial charge in [-0.3, -0.25) is 0 Å². The first-order valence-corrected chi connectivity index (χ1v) is 9.56. The zero-order valence-electron chi connectivity index (χ0n) is 16.0. The molecule has 30 heavy (non-hydrogen) atoms. The molecule has 0 saturated heterocycles. The molecule has 0 amide bonds. The number of rotatable bonds is 4. The number of phenols is 2. The summed E-state index contributed by atoms with van der Waals surface area (Å²) >= 11 is 0. The van der Waals surface area contributed by atoms with E-state index in [0.717, 1.165) is 11.1 Å². The second-order valence-electron chi connectivity index (χ2n) is 7.16. The van der Waals surface area contributed by atoms with Crippen LogP contribution >= 0.6 is 0 Å². The fourth-order valence-electron chi connectivity index (χ4n) is 3.49. The molecule has 0 unspecified atom stereocenters. The van der Waals surface area contributed by atoms with Crippen molar-refractivity contribution < 1.29 is 29.3 Å². The van der Waals surface area contributed by atoms with Crippen molar-refractivity contribution in [3.63, 3.8) is 0 Å². The molecule has 6 heteroatoms. The summed E-state index contributed by atoms with van der Waals surface area (Å²) in [5, 5.41) is 18.8. The average molecular weight is 404 g/mol.